The highest BCUT2D eigenvalue weighted by Gasteiger charge is 2.36. The van der Waals surface area contributed by atoms with Gasteiger partial charge in [-0.3, -0.25) is 9.48 Å². The Morgan fingerprint density at radius 3 is 2.69 bits per heavy atom. The van der Waals surface area contributed by atoms with Crippen molar-refractivity contribution in [3.05, 3.63) is 35.8 Å². The molecular weight excluding hydrogens is 356 g/mol. The highest BCUT2D eigenvalue weighted by atomic mass is 32.2. The summed E-state index contributed by atoms with van der Waals surface area (Å²) in [5.41, 5.74) is 1.80. The molecule has 1 aliphatic carbocycles. The van der Waals surface area contributed by atoms with Crippen molar-refractivity contribution in [3.8, 4) is 5.88 Å². The van der Waals surface area contributed by atoms with E-state index < -0.39 is 9.84 Å². The largest absolute Gasteiger partial charge is 0.481 e. The van der Waals surface area contributed by atoms with Gasteiger partial charge in [0, 0.05) is 17.7 Å². The number of aromatic nitrogens is 3. The minimum absolute atomic E-state index is 0.0951. The van der Waals surface area contributed by atoms with Crippen LogP contribution in [0.4, 0.5) is 5.69 Å². The molecule has 1 amide bonds. The summed E-state index contributed by atoms with van der Waals surface area (Å²) in [5.74, 6) is 0.776. The van der Waals surface area contributed by atoms with Crippen molar-refractivity contribution in [1.29, 1.82) is 0 Å². The van der Waals surface area contributed by atoms with Crippen molar-refractivity contribution in [2.24, 2.45) is 0 Å². The molecule has 1 saturated heterocycles. The number of nitrogens with zero attached hydrogens (tertiary/aromatic N) is 3. The molecule has 0 bridgehead atoms. The van der Waals surface area contributed by atoms with Crippen LogP contribution in [0.2, 0.25) is 0 Å². The molecule has 1 saturated carbocycles. The van der Waals surface area contributed by atoms with Gasteiger partial charge in [-0.25, -0.2) is 13.4 Å². The van der Waals surface area contributed by atoms with Crippen LogP contribution in [0.25, 0.3) is 0 Å². The number of hydrogen-bond acceptors (Lipinski definition) is 6. The predicted molar refractivity (Wildman–Crippen MR) is 95.3 cm³/mol. The van der Waals surface area contributed by atoms with Crippen LogP contribution in [0.1, 0.15) is 47.4 Å². The summed E-state index contributed by atoms with van der Waals surface area (Å²) >= 11 is 0. The van der Waals surface area contributed by atoms with Gasteiger partial charge in [0.25, 0.3) is 5.91 Å². The van der Waals surface area contributed by atoms with E-state index in [2.05, 4.69) is 15.4 Å². The van der Waals surface area contributed by atoms with Crippen LogP contribution in [0.5, 0.6) is 5.88 Å². The smallest absolute Gasteiger partial charge is 0.276 e. The van der Waals surface area contributed by atoms with Gasteiger partial charge in [-0.05, 0) is 31.4 Å². The first-order valence-corrected chi connectivity index (χ1v) is 10.4. The maximum absolute atomic E-state index is 12.6. The molecule has 1 atom stereocenters. The number of carbonyl (C=O) groups excluding carboxylic acids is 1. The van der Waals surface area contributed by atoms with Gasteiger partial charge in [-0.1, -0.05) is 0 Å². The second kappa shape index (κ2) is 6.39. The molecule has 1 unspecified atom stereocenters. The Bertz CT molecular complexity index is 932. The third-order valence-electron chi connectivity index (χ3n) is 4.75. The molecule has 3 heterocycles. The lowest BCUT2D eigenvalue weighted by molar-refractivity contribution is 0.102. The van der Waals surface area contributed by atoms with Crippen molar-refractivity contribution < 1.29 is 17.9 Å². The average Bonchev–Trinajstić information content (AvgIpc) is 3.26. The van der Waals surface area contributed by atoms with Crippen LogP contribution in [0.15, 0.2) is 24.4 Å². The molecule has 9 heteroatoms. The number of hydrogen-bond donors (Lipinski definition) is 1. The van der Waals surface area contributed by atoms with Crippen LogP contribution < -0.4 is 10.1 Å². The lowest BCUT2D eigenvalue weighted by Gasteiger charge is -2.12. The second-order valence-electron chi connectivity index (χ2n) is 6.77. The van der Waals surface area contributed by atoms with Crippen LogP contribution >= 0.6 is 0 Å². The van der Waals surface area contributed by atoms with Crippen LogP contribution in [-0.2, 0) is 9.84 Å². The molecule has 1 N–H and O–H groups in total. The Labute approximate surface area is 151 Å². The Hall–Kier alpha value is -2.42. The van der Waals surface area contributed by atoms with Crippen molar-refractivity contribution in [2.75, 3.05) is 23.9 Å². The topological polar surface area (TPSA) is 103 Å². The van der Waals surface area contributed by atoms with E-state index in [-0.39, 0.29) is 23.5 Å². The lowest BCUT2D eigenvalue weighted by Crippen LogP contribution is -2.17. The van der Waals surface area contributed by atoms with Gasteiger partial charge in [-0.2, -0.15) is 5.10 Å². The fourth-order valence-electron chi connectivity index (χ4n) is 3.23. The van der Waals surface area contributed by atoms with Crippen molar-refractivity contribution >= 4 is 21.4 Å². The lowest BCUT2D eigenvalue weighted by atomic mass is 10.2. The van der Waals surface area contributed by atoms with E-state index >= 15 is 0 Å². The SMILES string of the molecule is COc1ccc(NC(=O)c2cc(C3CC3)n(C3CCS(=O)(=O)C3)n2)cn1. The summed E-state index contributed by atoms with van der Waals surface area (Å²) in [5, 5.41) is 7.21. The molecule has 1 aliphatic heterocycles. The van der Waals surface area contributed by atoms with Gasteiger partial charge in [0.05, 0.1) is 36.5 Å². The van der Waals surface area contributed by atoms with Gasteiger partial charge in [-0.15, -0.1) is 0 Å². The van der Waals surface area contributed by atoms with Gasteiger partial charge >= 0.3 is 0 Å². The number of sulfone groups is 1. The molecule has 2 aliphatic rings. The average molecular weight is 376 g/mol. The summed E-state index contributed by atoms with van der Waals surface area (Å²) in [6, 6.07) is 4.97. The second-order valence-corrected chi connectivity index (χ2v) is 9.00. The molecule has 4 rings (SSSR count). The zero-order chi connectivity index (χ0) is 18.3. The molecule has 0 radical (unpaired) electrons. The first kappa shape index (κ1) is 17.0. The fourth-order valence-corrected chi connectivity index (χ4v) is 4.93. The summed E-state index contributed by atoms with van der Waals surface area (Å²) < 4.78 is 30.4. The highest BCUT2D eigenvalue weighted by Crippen LogP contribution is 2.42. The molecule has 2 aromatic rings. The number of amides is 1. The first-order valence-electron chi connectivity index (χ1n) is 8.56. The molecule has 0 spiro atoms. The zero-order valence-corrected chi connectivity index (χ0v) is 15.2. The minimum atomic E-state index is -3.01. The van der Waals surface area contributed by atoms with E-state index in [1.165, 1.54) is 13.3 Å². The highest BCUT2D eigenvalue weighted by molar-refractivity contribution is 7.91. The number of anilines is 1. The van der Waals surface area contributed by atoms with E-state index in [1.807, 2.05) is 0 Å². The minimum Gasteiger partial charge on any atom is -0.481 e. The van der Waals surface area contributed by atoms with E-state index in [4.69, 9.17) is 4.74 Å². The van der Waals surface area contributed by atoms with E-state index in [1.54, 1.807) is 22.9 Å². The van der Waals surface area contributed by atoms with Crippen molar-refractivity contribution in [3.63, 3.8) is 0 Å². The summed E-state index contributed by atoms with van der Waals surface area (Å²) in [4.78, 5) is 16.6. The van der Waals surface area contributed by atoms with E-state index in [0.717, 1.165) is 18.5 Å². The maximum atomic E-state index is 12.6. The fraction of sp³-hybridized carbons (Fsp3) is 0.471. The van der Waals surface area contributed by atoms with E-state index in [9.17, 15) is 13.2 Å². The van der Waals surface area contributed by atoms with Crippen LogP contribution in [0.3, 0.4) is 0 Å². The monoisotopic (exact) mass is 376 g/mol. The van der Waals surface area contributed by atoms with Crippen LogP contribution in [0, 0.1) is 0 Å². The van der Waals surface area contributed by atoms with Gasteiger partial charge < -0.3 is 10.1 Å². The van der Waals surface area contributed by atoms with Gasteiger partial charge in [0.15, 0.2) is 15.5 Å². The number of nitrogens with one attached hydrogen (secondary N) is 1. The molecule has 8 nitrogen and oxygen atoms in total. The summed E-state index contributed by atoms with van der Waals surface area (Å²) in [7, 11) is -1.49. The molecule has 138 valence electrons. The number of carbonyl (C=O) groups is 1. The normalized spacial score (nSPS) is 21.5. The molecular formula is C17H20N4O4S. The molecule has 2 aromatic heterocycles. The predicted octanol–water partition coefficient (Wildman–Crippen LogP) is 1.78. The van der Waals surface area contributed by atoms with Crippen molar-refractivity contribution in [2.45, 2.75) is 31.2 Å². The maximum Gasteiger partial charge on any atom is 0.276 e. The first-order chi connectivity index (χ1) is 12.4. The summed E-state index contributed by atoms with van der Waals surface area (Å²) in [6.45, 7) is 0. The third-order valence-corrected chi connectivity index (χ3v) is 6.50. The number of pyridine rings is 1. The number of methoxy groups -OCH3 is 1. The van der Waals surface area contributed by atoms with Crippen molar-refractivity contribution in [1.82, 2.24) is 14.8 Å². The Morgan fingerprint density at radius 2 is 2.12 bits per heavy atom. The zero-order valence-electron chi connectivity index (χ0n) is 14.4. The van der Waals surface area contributed by atoms with Gasteiger partial charge in [0.1, 0.15) is 0 Å². The quantitative estimate of drug-likeness (QED) is 0.853. The molecule has 2 fully saturated rings. The molecule has 26 heavy (non-hydrogen) atoms. The summed E-state index contributed by atoms with van der Waals surface area (Å²) in [6.07, 6.45) is 4.16. The Morgan fingerprint density at radius 1 is 1.31 bits per heavy atom. The molecule has 0 aromatic carbocycles. The Balaban J connectivity index is 1.56. The van der Waals surface area contributed by atoms with Gasteiger partial charge in [0.2, 0.25) is 5.88 Å². The number of ether oxygens (including phenoxy) is 1. The third kappa shape index (κ3) is 3.44. The van der Waals surface area contributed by atoms with E-state index in [0.29, 0.717) is 29.6 Å². The number of rotatable bonds is 5. The Kier molecular flexibility index (Phi) is 4.18. The van der Waals surface area contributed by atoms with Crippen LogP contribution in [-0.4, -0.2) is 47.7 Å². The standard InChI is InChI=1S/C17H20N4O4S/c1-25-16-5-4-12(9-18-16)19-17(22)14-8-15(11-2-3-11)21(20-14)13-6-7-26(23,24)10-13/h4-5,8-9,11,13H,2-3,6-7,10H2,1H3,(H,19,22).